The maximum Gasteiger partial charge on any atom is 0.109 e. The second kappa shape index (κ2) is 11.4. The molecular formula is C18H36O4. The SMILES string of the molecule is CCCCCCCCCCOC1C(C)C(C)OC(CO)C1O. The smallest absolute Gasteiger partial charge is 0.109 e. The van der Waals surface area contributed by atoms with Gasteiger partial charge in [-0.15, -0.1) is 0 Å². The fraction of sp³-hybridized carbons (Fsp3) is 1.00. The third-order valence-electron chi connectivity index (χ3n) is 4.85. The predicted molar refractivity (Wildman–Crippen MR) is 88.9 cm³/mol. The molecule has 4 heteroatoms. The molecule has 1 saturated heterocycles. The van der Waals surface area contributed by atoms with Crippen molar-refractivity contribution in [1.29, 1.82) is 0 Å². The lowest BCUT2D eigenvalue weighted by Crippen LogP contribution is -2.55. The largest absolute Gasteiger partial charge is 0.394 e. The van der Waals surface area contributed by atoms with Gasteiger partial charge < -0.3 is 19.7 Å². The van der Waals surface area contributed by atoms with E-state index in [1.165, 1.54) is 44.9 Å². The summed E-state index contributed by atoms with van der Waals surface area (Å²) < 4.78 is 11.5. The predicted octanol–water partition coefficient (Wildman–Crippen LogP) is 3.29. The van der Waals surface area contributed by atoms with Crippen LogP contribution < -0.4 is 0 Å². The Balaban J connectivity index is 2.14. The molecule has 0 amide bonds. The summed E-state index contributed by atoms with van der Waals surface area (Å²) in [4.78, 5) is 0. The van der Waals surface area contributed by atoms with Crippen molar-refractivity contribution in [2.24, 2.45) is 5.92 Å². The van der Waals surface area contributed by atoms with Crippen LogP contribution >= 0.6 is 0 Å². The van der Waals surface area contributed by atoms with Crippen LogP contribution in [0.3, 0.4) is 0 Å². The Morgan fingerprint density at radius 1 is 0.955 bits per heavy atom. The van der Waals surface area contributed by atoms with Crippen LogP contribution in [-0.2, 0) is 9.47 Å². The molecule has 0 aromatic heterocycles. The quantitative estimate of drug-likeness (QED) is 0.574. The van der Waals surface area contributed by atoms with Gasteiger partial charge in [-0.05, 0) is 13.3 Å². The van der Waals surface area contributed by atoms with Crippen LogP contribution in [0.5, 0.6) is 0 Å². The number of aliphatic hydroxyl groups is 2. The van der Waals surface area contributed by atoms with E-state index >= 15 is 0 Å². The lowest BCUT2D eigenvalue weighted by Gasteiger charge is -2.42. The van der Waals surface area contributed by atoms with Crippen LogP contribution in [-0.4, -0.2) is 47.8 Å². The molecule has 1 fully saturated rings. The number of aliphatic hydroxyl groups excluding tert-OH is 2. The van der Waals surface area contributed by atoms with Gasteiger partial charge in [0.2, 0.25) is 0 Å². The number of hydrogen-bond donors (Lipinski definition) is 2. The zero-order valence-electron chi connectivity index (χ0n) is 14.7. The molecule has 0 saturated carbocycles. The van der Waals surface area contributed by atoms with Crippen LogP contribution in [0, 0.1) is 5.92 Å². The maximum atomic E-state index is 10.2. The highest BCUT2D eigenvalue weighted by atomic mass is 16.5. The first-order chi connectivity index (χ1) is 10.6. The average Bonchev–Trinajstić information content (AvgIpc) is 2.52. The van der Waals surface area contributed by atoms with Gasteiger partial charge in [0.15, 0.2) is 0 Å². The molecule has 1 heterocycles. The van der Waals surface area contributed by atoms with Crippen molar-refractivity contribution in [1.82, 2.24) is 0 Å². The second-order valence-electron chi connectivity index (χ2n) is 6.72. The van der Waals surface area contributed by atoms with Crippen molar-refractivity contribution in [2.75, 3.05) is 13.2 Å². The lowest BCUT2D eigenvalue weighted by atomic mass is 9.89. The van der Waals surface area contributed by atoms with Crippen LogP contribution in [0.25, 0.3) is 0 Å². The number of rotatable bonds is 11. The van der Waals surface area contributed by atoms with E-state index in [0.717, 1.165) is 6.42 Å². The summed E-state index contributed by atoms with van der Waals surface area (Å²) in [5.41, 5.74) is 0. The standard InChI is InChI=1S/C18H36O4/c1-4-5-6-7-8-9-10-11-12-21-18-14(2)15(3)22-16(13-19)17(18)20/h14-20H,4-13H2,1-3H3. The molecule has 5 atom stereocenters. The first-order valence-corrected chi connectivity index (χ1v) is 9.17. The second-order valence-corrected chi connectivity index (χ2v) is 6.72. The van der Waals surface area contributed by atoms with Crippen LogP contribution in [0.1, 0.15) is 72.1 Å². The van der Waals surface area contributed by atoms with E-state index in [1.54, 1.807) is 0 Å². The first-order valence-electron chi connectivity index (χ1n) is 9.17. The molecule has 0 aromatic rings. The molecule has 1 rings (SSSR count). The summed E-state index contributed by atoms with van der Waals surface area (Å²) in [5.74, 6) is 0.145. The monoisotopic (exact) mass is 316 g/mol. The molecule has 0 aliphatic carbocycles. The third-order valence-corrected chi connectivity index (χ3v) is 4.85. The van der Waals surface area contributed by atoms with Gasteiger partial charge in [0, 0.05) is 12.5 Å². The van der Waals surface area contributed by atoms with Gasteiger partial charge in [-0.3, -0.25) is 0 Å². The van der Waals surface area contributed by atoms with E-state index in [1.807, 2.05) is 13.8 Å². The van der Waals surface area contributed by atoms with Crippen molar-refractivity contribution in [3.63, 3.8) is 0 Å². The minimum atomic E-state index is -0.731. The number of hydrogen-bond acceptors (Lipinski definition) is 4. The van der Waals surface area contributed by atoms with Crippen LogP contribution in [0.15, 0.2) is 0 Å². The van der Waals surface area contributed by atoms with Crippen molar-refractivity contribution < 1.29 is 19.7 Å². The van der Waals surface area contributed by atoms with Crippen LogP contribution in [0.4, 0.5) is 0 Å². The minimum Gasteiger partial charge on any atom is -0.394 e. The van der Waals surface area contributed by atoms with Gasteiger partial charge in [-0.2, -0.15) is 0 Å². The van der Waals surface area contributed by atoms with Crippen molar-refractivity contribution in [3.8, 4) is 0 Å². The zero-order chi connectivity index (χ0) is 16.4. The number of ether oxygens (including phenoxy) is 2. The van der Waals surface area contributed by atoms with E-state index in [-0.39, 0.29) is 24.7 Å². The third kappa shape index (κ3) is 6.53. The van der Waals surface area contributed by atoms with Crippen molar-refractivity contribution in [2.45, 2.75) is 96.6 Å². The average molecular weight is 316 g/mol. The van der Waals surface area contributed by atoms with Gasteiger partial charge in [0.25, 0.3) is 0 Å². The molecule has 22 heavy (non-hydrogen) atoms. The van der Waals surface area contributed by atoms with Crippen molar-refractivity contribution in [3.05, 3.63) is 0 Å². The highest BCUT2D eigenvalue weighted by Gasteiger charge is 2.41. The fourth-order valence-electron chi connectivity index (χ4n) is 3.13. The fourth-order valence-corrected chi connectivity index (χ4v) is 3.13. The molecule has 1 aliphatic heterocycles. The van der Waals surface area contributed by atoms with Gasteiger partial charge in [0.1, 0.15) is 12.2 Å². The van der Waals surface area contributed by atoms with Gasteiger partial charge in [-0.1, -0.05) is 58.8 Å². The summed E-state index contributed by atoms with van der Waals surface area (Å²) in [6.45, 7) is 6.79. The van der Waals surface area contributed by atoms with Gasteiger partial charge in [-0.25, -0.2) is 0 Å². The van der Waals surface area contributed by atoms with Gasteiger partial charge in [0.05, 0.1) is 18.8 Å². The number of unbranched alkanes of at least 4 members (excludes halogenated alkanes) is 7. The molecule has 1 aliphatic rings. The highest BCUT2D eigenvalue weighted by molar-refractivity contribution is 4.89. The molecule has 0 spiro atoms. The first kappa shape index (κ1) is 19.9. The summed E-state index contributed by atoms with van der Waals surface area (Å²) in [7, 11) is 0. The maximum absolute atomic E-state index is 10.2. The topological polar surface area (TPSA) is 58.9 Å². The van der Waals surface area contributed by atoms with E-state index in [4.69, 9.17) is 9.47 Å². The Hall–Kier alpha value is -0.160. The molecular weight excluding hydrogens is 280 g/mol. The molecule has 0 aromatic carbocycles. The lowest BCUT2D eigenvalue weighted by molar-refractivity contribution is -0.214. The Morgan fingerprint density at radius 3 is 2.14 bits per heavy atom. The van der Waals surface area contributed by atoms with E-state index in [2.05, 4.69) is 6.92 Å². The van der Waals surface area contributed by atoms with Gasteiger partial charge >= 0.3 is 0 Å². The molecule has 0 bridgehead atoms. The summed E-state index contributed by atoms with van der Waals surface area (Å²) in [6, 6.07) is 0. The summed E-state index contributed by atoms with van der Waals surface area (Å²) >= 11 is 0. The Bertz CT molecular complexity index is 272. The Morgan fingerprint density at radius 2 is 1.55 bits per heavy atom. The molecule has 2 N–H and O–H groups in total. The van der Waals surface area contributed by atoms with E-state index in [9.17, 15) is 10.2 Å². The Labute approximate surface area is 136 Å². The van der Waals surface area contributed by atoms with Crippen molar-refractivity contribution >= 4 is 0 Å². The Kier molecular flexibility index (Phi) is 10.3. The van der Waals surface area contributed by atoms with E-state index in [0.29, 0.717) is 6.61 Å². The summed E-state index contributed by atoms with van der Waals surface area (Å²) in [5, 5.41) is 19.5. The zero-order valence-corrected chi connectivity index (χ0v) is 14.7. The normalized spacial score (nSPS) is 32.3. The van der Waals surface area contributed by atoms with E-state index < -0.39 is 12.2 Å². The molecule has 132 valence electrons. The highest BCUT2D eigenvalue weighted by Crippen LogP contribution is 2.28. The van der Waals surface area contributed by atoms with Crippen LogP contribution in [0.2, 0.25) is 0 Å². The molecule has 0 radical (unpaired) electrons. The summed E-state index contributed by atoms with van der Waals surface area (Å²) in [6.07, 6.45) is 8.71. The molecule has 5 unspecified atom stereocenters. The minimum absolute atomic E-state index is 0.00381. The molecule has 4 nitrogen and oxygen atoms in total.